The summed E-state index contributed by atoms with van der Waals surface area (Å²) in [5.74, 6) is 0. The number of hydrogen-bond acceptors (Lipinski definition) is 4. The number of benzene rings is 1. The maximum absolute atomic E-state index is 6.29. The van der Waals surface area contributed by atoms with Crippen molar-refractivity contribution in [2.75, 3.05) is 0 Å². The van der Waals surface area contributed by atoms with E-state index in [0.29, 0.717) is 0 Å². The maximum atomic E-state index is 6.29. The lowest BCUT2D eigenvalue weighted by molar-refractivity contribution is 0.853. The van der Waals surface area contributed by atoms with Gasteiger partial charge < -0.3 is 5.73 Å². The van der Waals surface area contributed by atoms with Crippen LogP contribution in [-0.2, 0) is 0 Å². The van der Waals surface area contributed by atoms with Gasteiger partial charge in [-0.2, -0.15) is 10.2 Å². The molecule has 2 N–H and O–H groups in total. The van der Waals surface area contributed by atoms with Crippen LogP contribution in [0.15, 0.2) is 55.0 Å². The Morgan fingerprint density at radius 1 is 0.944 bits per heavy atom. The first kappa shape index (κ1) is 10.8. The van der Waals surface area contributed by atoms with Crippen molar-refractivity contribution in [3.05, 3.63) is 66.1 Å². The molecule has 0 saturated carbocycles. The van der Waals surface area contributed by atoms with E-state index in [-0.39, 0.29) is 6.04 Å². The molecule has 88 valence electrons. The van der Waals surface area contributed by atoms with Crippen molar-refractivity contribution in [3.63, 3.8) is 0 Å². The molecule has 0 aliphatic heterocycles. The van der Waals surface area contributed by atoms with E-state index >= 15 is 0 Å². The van der Waals surface area contributed by atoms with Gasteiger partial charge in [0.2, 0.25) is 0 Å². The number of fused-ring (bicyclic) bond motifs is 1. The van der Waals surface area contributed by atoms with Gasteiger partial charge in [0.25, 0.3) is 0 Å². The standard InChI is InChI=1S/C14H12N4/c15-14(10-6-8-17-18-9-10)12-3-1-5-13-11(12)4-2-7-16-13/h1-9,14H,15H2. The second-order valence-corrected chi connectivity index (χ2v) is 4.07. The fourth-order valence-electron chi connectivity index (χ4n) is 2.06. The van der Waals surface area contributed by atoms with E-state index in [2.05, 4.69) is 15.2 Å². The largest absolute Gasteiger partial charge is 0.320 e. The Labute approximate surface area is 105 Å². The highest BCUT2D eigenvalue weighted by atomic mass is 15.1. The zero-order valence-electron chi connectivity index (χ0n) is 9.69. The summed E-state index contributed by atoms with van der Waals surface area (Å²) in [6.07, 6.45) is 5.13. The molecule has 0 bridgehead atoms. The molecule has 4 nitrogen and oxygen atoms in total. The van der Waals surface area contributed by atoms with Crippen molar-refractivity contribution in [1.29, 1.82) is 0 Å². The average molecular weight is 236 g/mol. The minimum absolute atomic E-state index is 0.214. The normalized spacial score (nSPS) is 12.5. The molecule has 4 heteroatoms. The molecular formula is C14H12N4. The molecule has 0 spiro atoms. The van der Waals surface area contributed by atoms with E-state index in [1.165, 1.54) is 0 Å². The van der Waals surface area contributed by atoms with E-state index in [4.69, 9.17) is 5.73 Å². The zero-order chi connectivity index (χ0) is 12.4. The van der Waals surface area contributed by atoms with Gasteiger partial charge in [-0.3, -0.25) is 4.98 Å². The van der Waals surface area contributed by atoms with Crippen LogP contribution in [0.3, 0.4) is 0 Å². The number of nitrogens with zero attached hydrogens (tertiary/aromatic N) is 3. The first-order valence-corrected chi connectivity index (χ1v) is 5.72. The van der Waals surface area contributed by atoms with Gasteiger partial charge in [0.1, 0.15) is 0 Å². The van der Waals surface area contributed by atoms with Gasteiger partial charge in [0, 0.05) is 17.8 Å². The minimum Gasteiger partial charge on any atom is -0.320 e. The monoisotopic (exact) mass is 236 g/mol. The summed E-state index contributed by atoms with van der Waals surface area (Å²) in [6, 6.07) is 11.6. The Balaban J connectivity index is 2.15. The SMILES string of the molecule is NC(c1ccnnc1)c1cccc2ncccc12. The van der Waals surface area contributed by atoms with Crippen LogP contribution in [-0.4, -0.2) is 15.2 Å². The number of nitrogens with two attached hydrogens (primary N) is 1. The maximum Gasteiger partial charge on any atom is 0.0705 e. The highest BCUT2D eigenvalue weighted by Gasteiger charge is 2.12. The number of aromatic nitrogens is 3. The molecule has 0 radical (unpaired) electrons. The molecule has 1 atom stereocenters. The highest BCUT2D eigenvalue weighted by molar-refractivity contribution is 5.82. The van der Waals surface area contributed by atoms with Crippen LogP contribution in [0.4, 0.5) is 0 Å². The van der Waals surface area contributed by atoms with Crippen LogP contribution in [0.2, 0.25) is 0 Å². The molecule has 2 aromatic heterocycles. The zero-order valence-corrected chi connectivity index (χ0v) is 9.69. The second kappa shape index (κ2) is 4.50. The summed E-state index contributed by atoms with van der Waals surface area (Å²) >= 11 is 0. The predicted octanol–water partition coefficient (Wildman–Crippen LogP) is 2.07. The molecule has 2 heterocycles. The third kappa shape index (κ3) is 1.83. The number of pyridine rings is 1. The van der Waals surface area contributed by atoms with Crippen LogP contribution < -0.4 is 5.73 Å². The molecule has 0 fully saturated rings. The van der Waals surface area contributed by atoms with E-state index in [9.17, 15) is 0 Å². The summed E-state index contributed by atoms with van der Waals surface area (Å²) in [6.45, 7) is 0. The van der Waals surface area contributed by atoms with Crippen LogP contribution in [0.25, 0.3) is 10.9 Å². The topological polar surface area (TPSA) is 64.7 Å². The lowest BCUT2D eigenvalue weighted by Crippen LogP contribution is -2.12. The summed E-state index contributed by atoms with van der Waals surface area (Å²) in [5, 5.41) is 8.71. The first-order valence-electron chi connectivity index (χ1n) is 5.72. The summed E-state index contributed by atoms with van der Waals surface area (Å²) < 4.78 is 0. The number of hydrogen-bond donors (Lipinski definition) is 1. The molecule has 18 heavy (non-hydrogen) atoms. The molecule has 0 aliphatic rings. The Kier molecular flexibility index (Phi) is 2.70. The molecular weight excluding hydrogens is 224 g/mol. The van der Waals surface area contributed by atoms with Crippen molar-refractivity contribution in [2.24, 2.45) is 5.73 Å². The van der Waals surface area contributed by atoms with Crippen LogP contribution in [0.1, 0.15) is 17.2 Å². The molecule has 0 aliphatic carbocycles. The molecule has 0 saturated heterocycles. The van der Waals surface area contributed by atoms with Crippen LogP contribution >= 0.6 is 0 Å². The van der Waals surface area contributed by atoms with Gasteiger partial charge in [0.15, 0.2) is 0 Å². The highest BCUT2D eigenvalue weighted by Crippen LogP contribution is 2.25. The minimum atomic E-state index is -0.214. The fraction of sp³-hybridized carbons (Fsp3) is 0.0714. The van der Waals surface area contributed by atoms with E-state index in [0.717, 1.165) is 22.0 Å². The molecule has 0 amide bonds. The number of rotatable bonds is 2. The van der Waals surface area contributed by atoms with Crippen LogP contribution in [0.5, 0.6) is 0 Å². The molecule has 3 aromatic rings. The second-order valence-electron chi connectivity index (χ2n) is 4.07. The van der Waals surface area contributed by atoms with Gasteiger partial charge in [-0.15, -0.1) is 0 Å². The Morgan fingerprint density at radius 3 is 2.72 bits per heavy atom. The quantitative estimate of drug-likeness (QED) is 0.739. The summed E-state index contributed by atoms with van der Waals surface area (Å²) in [5.41, 5.74) is 9.23. The Bertz CT molecular complexity index is 661. The van der Waals surface area contributed by atoms with E-state index in [1.807, 2.05) is 36.4 Å². The van der Waals surface area contributed by atoms with Crippen molar-refractivity contribution in [2.45, 2.75) is 6.04 Å². The molecule has 3 rings (SSSR count). The predicted molar refractivity (Wildman–Crippen MR) is 69.8 cm³/mol. The average Bonchev–Trinajstić information content (AvgIpc) is 2.47. The lowest BCUT2D eigenvalue weighted by atomic mass is 9.97. The third-order valence-corrected chi connectivity index (χ3v) is 2.98. The Morgan fingerprint density at radius 2 is 1.89 bits per heavy atom. The lowest BCUT2D eigenvalue weighted by Gasteiger charge is -2.14. The van der Waals surface area contributed by atoms with Gasteiger partial charge in [-0.05, 0) is 29.3 Å². The third-order valence-electron chi connectivity index (χ3n) is 2.98. The molecule has 1 unspecified atom stereocenters. The Hall–Kier alpha value is -2.33. The van der Waals surface area contributed by atoms with Gasteiger partial charge in [0.05, 0.1) is 17.8 Å². The van der Waals surface area contributed by atoms with Crippen molar-refractivity contribution in [3.8, 4) is 0 Å². The summed E-state index contributed by atoms with van der Waals surface area (Å²) in [4.78, 5) is 4.33. The van der Waals surface area contributed by atoms with Crippen molar-refractivity contribution < 1.29 is 0 Å². The first-order chi connectivity index (χ1) is 8.86. The van der Waals surface area contributed by atoms with E-state index in [1.54, 1.807) is 18.6 Å². The smallest absolute Gasteiger partial charge is 0.0705 e. The van der Waals surface area contributed by atoms with Gasteiger partial charge in [-0.25, -0.2) is 0 Å². The van der Waals surface area contributed by atoms with Crippen molar-refractivity contribution in [1.82, 2.24) is 15.2 Å². The fourth-order valence-corrected chi connectivity index (χ4v) is 2.06. The summed E-state index contributed by atoms with van der Waals surface area (Å²) in [7, 11) is 0. The molecule has 1 aromatic carbocycles. The van der Waals surface area contributed by atoms with Crippen LogP contribution in [0, 0.1) is 0 Å². The van der Waals surface area contributed by atoms with Gasteiger partial charge in [-0.1, -0.05) is 18.2 Å². The van der Waals surface area contributed by atoms with Gasteiger partial charge >= 0.3 is 0 Å². The van der Waals surface area contributed by atoms with E-state index < -0.39 is 0 Å². The van der Waals surface area contributed by atoms with Crippen molar-refractivity contribution >= 4 is 10.9 Å².